The first-order chi connectivity index (χ1) is 9.60. The standard InChI is InChI=1S/C16H19FN2S/c1-11-3-6-13(7-4-11)20-10-16(19-18)14-9-12(2)5-8-15(14)17/h3-9,16,19H,10,18H2,1-2H3. The fourth-order valence-corrected chi connectivity index (χ4v) is 2.94. The summed E-state index contributed by atoms with van der Waals surface area (Å²) in [5, 5.41) is 0. The summed E-state index contributed by atoms with van der Waals surface area (Å²) in [4.78, 5) is 1.16. The van der Waals surface area contributed by atoms with Gasteiger partial charge < -0.3 is 0 Å². The molecule has 0 radical (unpaired) electrons. The minimum Gasteiger partial charge on any atom is -0.271 e. The number of benzene rings is 2. The first kappa shape index (κ1) is 15.0. The van der Waals surface area contributed by atoms with Gasteiger partial charge in [0.05, 0.1) is 6.04 Å². The van der Waals surface area contributed by atoms with Gasteiger partial charge in [-0.2, -0.15) is 0 Å². The van der Waals surface area contributed by atoms with Crippen LogP contribution in [0.15, 0.2) is 47.4 Å². The Kier molecular flexibility index (Phi) is 5.17. The summed E-state index contributed by atoms with van der Waals surface area (Å²) in [5.41, 5.74) is 5.58. The summed E-state index contributed by atoms with van der Waals surface area (Å²) < 4.78 is 13.9. The smallest absolute Gasteiger partial charge is 0.128 e. The van der Waals surface area contributed by atoms with Crippen molar-refractivity contribution in [1.82, 2.24) is 5.43 Å². The van der Waals surface area contributed by atoms with Gasteiger partial charge in [-0.1, -0.05) is 35.4 Å². The van der Waals surface area contributed by atoms with Gasteiger partial charge in [0.2, 0.25) is 0 Å². The molecule has 0 aliphatic heterocycles. The van der Waals surface area contributed by atoms with Gasteiger partial charge in [0.25, 0.3) is 0 Å². The molecule has 2 nitrogen and oxygen atoms in total. The number of hydrogen-bond acceptors (Lipinski definition) is 3. The van der Waals surface area contributed by atoms with Gasteiger partial charge in [-0.15, -0.1) is 11.8 Å². The highest BCUT2D eigenvalue weighted by molar-refractivity contribution is 7.99. The molecule has 0 aliphatic rings. The summed E-state index contributed by atoms with van der Waals surface area (Å²) in [6.07, 6.45) is 0. The highest BCUT2D eigenvalue weighted by atomic mass is 32.2. The number of hydrogen-bond donors (Lipinski definition) is 2. The minimum atomic E-state index is -0.219. The summed E-state index contributed by atoms with van der Waals surface area (Å²) >= 11 is 1.66. The first-order valence-electron chi connectivity index (χ1n) is 6.52. The second kappa shape index (κ2) is 6.88. The lowest BCUT2D eigenvalue weighted by Crippen LogP contribution is -2.30. The van der Waals surface area contributed by atoms with Crippen molar-refractivity contribution in [2.75, 3.05) is 5.75 Å². The highest BCUT2D eigenvalue weighted by Gasteiger charge is 2.15. The van der Waals surface area contributed by atoms with Gasteiger partial charge in [0, 0.05) is 16.2 Å². The monoisotopic (exact) mass is 290 g/mol. The number of aryl methyl sites for hydroxylation is 2. The Morgan fingerprint density at radius 2 is 1.75 bits per heavy atom. The van der Waals surface area contributed by atoms with Crippen LogP contribution in [0.1, 0.15) is 22.7 Å². The van der Waals surface area contributed by atoms with Crippen molar-refractivity contribution in [3.8, 4) is 0 Å². The maximum atomic E-state index is 13.9. The van der Waals surface area contributed by atoms with E-state index in [1.807, 2.05) is 13.0 Å². The molecule has 1 atom stereocenters. The zero-order chi connectivity index (χ0) is 14.5. The van der Waals surface area contributed by atoms with E-state index in [0.717, 1.165) is 10.5 Å². The summed E-state index contributed by atoms with van der Waals surface area (Å²) in [5.74, 6) is 6.04. The van der Waals surface area contributed by atoms with Crippen LogP contribution < -0.4 is 11.3 Å². The van der Waals surface area contributed by atoms with E-state index in [0.29, 0.717) is 11.3 Å². The van der Waals surface area contributed by atoms with E-state index >= 15 is 0 Å². The van der Waals surface area contributed by atoms with E-state index < -0.39 is 0 Å². The van der Waals surface area contributed by atoms with E-state index in [2.05, 4.69) is 36.6 Å². The molecule has 0 saturated carbocycles. The van der Waals surface area contributed by atoms with E-state index in [1.54, 1.807) is 17.8 Å². The van der Waals surface area contributed by atoms with Crippen LogP contribution in [0.5, 0.6) is 0 Å². The van der Waals surface area contributed by atoms with Crippen LogP contribution in [0, 0.1) is 19.7 Å². The normalized spacial score (nSPS) is 12.4. The second-order valence-electron chi connectivity index (χ2n) is 4.87. The molecule has 2 aromatic carbocycles. The van der Waals surface area contributed by atoms with E-state index in [9.17, 15) is 4.39 Å². The maximum absolute atomic E-state index is 13.9. The predicted molar refractivity (Wildman–Crippen MR) is 83.1 cm³/mol. The predicted octanol–water partition coefficient (Wildman–Crippen LogP) is 3.74. The third-order valence-corrected chi connectivity index (χ3v) is 4.27. The van der Waals surface area contributed by atoms with Crippen molar-refractivity contribution in [2.45, 2.75) is 24.8 Å². The van der Waals surface area contributed by atoms with Crippen molar-refractivity contribution in [3.05, 3.63) is 65.0 Å². The number of halogens is 1. The quantitative estimate of drug-likeness (QED) is 0.500. The van der Waals surface area contributed by atoms with Crippen molar-refractivity contribution in [1.29, 1.82) is 0 Å². The van der Waals surface area contributed by atoms with Crippen molar-refractivity contribution in [2.24, 2.45) is 5.84 Å². The molecule has 2 aromatic rings. The van der Waals surface area contributed by atoms with Crippen molar-refractivity contribution >= 4 is 11.8 Å². The van der Waals surface area contributed by atoms with Gasteiger partial charge in [-0.3, -0.25) is 11.3 Å². The number of nitrogens with two attached hydrogens (primary N) is 1. The Morgan fingerprint density at radius 3 is 2.40 bits per heavy atom. The van der Waals surface area contributed by atoms with Crippen molar-refractivity contribution in [3.63, 3.8) is 0 Å². The molecule has 1 unspecified atom stereocenters. The molecule has 4 heteroatoms. The van der Waals surface area contributed by atoms with Gasteiger partial charge in [-0.05, 0) is 32.0 Å². The third-order valence-electron chi connectivity index (χ3n) is 3.17. The molecule has 0 bridgehead atoms. The summed E-state index contributed by atoms with van der Waals surface area (Å²) in [6.45, 7) is 4.00. The van der Waals surface area contributed by atoms with Gasteiger partial charge >= 0.3 is 0 Å². The average Bonchev–Trinajstić information content (AvgIpc) is 2.45. The number of thioether (sulfide) groups is 1. The van der Waals surface area contributed by atoms with Crippen LogP contribution in [0.25, 0.3) is 0 Å². The lowest BCUT2D eigenvalue weighted by atomic mass is 10.1. The Balaban J connectivity index is 2.09. The van der Waals surface area contributed by atoms with Crippen LogP contribution in [-0.4, -0.2) is 5.75 Å². The molecule has 3 N–H and O–H groups in total. The lowest BCUT2D eigenvalue weighted by Gasteiger charge is -2.17. The highest BCUT2D eigenvalue weighted by Crippen LogP contribution is 2.26. The van der Waals surface area contributed by atoms with Gasteiger partial charge in [-0.25, -0.2) is 4.39 Å². The molecular weight excluding hydrogens is 271 g/mol. The Bertz CT molecular complexity index is 569. The van der Waals surface area contributed by atoms with Crippen LogP contribution in [0.4, 0.5) is 4.39 Å². The molecule has 0 heterocycles. The molecule has 2 rings (SSSR count). The first-order valence-corrected chi connectivity index (χ1v) is 7.50. The molecular formula is C16H19FN2S. The fraction of sp³-hybridized carbons (Fsp3) is 0.250. The number of hydrazine groups is 1. The van der Waals surface area contributed by atoms with Crippen LogP contribution in [0.2, 0.25) is 0 Å². The van der Waals surface area contributed by atoms with Crippen LogP contribution in [0.3, 0.4) is 0 Å². The van der Waals surface area contributed by atoms with E-state index in [1.165, 1.54) is 11.6 Å². The molecule has 0 aromatic heterocycles. The van der Waals surface area contributed by atoms with E-state index in [-0.39, 0.29) is 11.9 Å². The summed E-state index contributed by atoms with van der Waals surface area (Å²) in [6, 6.07) is 13.2. The number of rotatable bonds is 5. The molecule has 0 saturated heterocycles. The van der Waals surface area contributed by atoms with Crippen LogP contribution >= 0.6 is 11.8 Å². The maximum Gasteiger partial charge on any atom is 0.128 e. The SMILES string of the molecule is Cc1ccc(SCC(NN)c2cc(C)ccc2F)cc1. The van der Waals surface area contributed by atoms with Gasteiger partial charge in [0.1, 0.15) is 5.82 Å². The number of nitrogens with one attached hydrogen (secondary N) is 1. The largest absolute Gasteiger partial charge is 0.271 e. The Morgan fingerprint density at radius 1 is 1.10 bits per heavy atom. The van der Waals surface area contributed by atoms with Crippen LogP contribution in [-0.2, 0) is 0 Å². The lowest BCUT2D eigenvalue weighted by molar-refractivity contribution is 0.546. The molecule has 106 valence electrons. The molecule has 0 spiro atoms. The topological polar surface area (TPSA) is 38.0 Å². The Labute approximate surface area is 123 Å². The zero-order valence-corrected chi connectivity index (χ0v) is 12.5. The average molecular weight is 290 g/mol. The zero-order valence-electron chi connectivity index (χ0n) is 11.7. The fourth-order valence-electron chi connectivity index (χ4n) is 1.97. The molecule has 0 fully saturated rings. The second-order valence-corrected chi connectivity index (χ2v) is 5.96. The van der Waals surface area contributed by atoms with Crippen molar-refractivity contribution < 1.29 is 4.39 Å². The van der Waals surface area contributed by atoms with Gasteiger partial charge in [0.15, 0.2) is 0 Å². The summed E-state index contributed by atoms with van der Waals surface area (Å²) in [7, 11) is 0. The molecule has 20 heavy (non-hydrogen) atoms. The minimum absolute atomic E-state index is 0.207. The third kappa shape index (κ3) is 3.82. The Hall–Kier alpha value is -1.36. The van der Waals surface area contributed by atoms with E-state index in [4.69, 9.17) is 5.84 Å². The molecule has 0 amide bonds. The molecule has 0 aliphatic carbocycles.